The van der Waals surface area contributed by atoms with Crippen LogP contribution in [0.4, 0.5) is 4.39 Å². The van der Waals surface area contributed by atoms with E-state index in [-0.39, 0.29) is 0 Å². The van der Waals surface area contributed by atoms with E-state index in [1.165, 1.54) is 24.3 Å². The Hall–Kier alpha value is -2.77. The van der Waals surface area contributed by atoms with Crippen molar-refractivity contribution in [1.82, 2.24) is 14.0 Å². The molecule has 7 heteroatoms. The van der Waals surface area contributed by atoms with E-state index >= 15 is 0 Å². The summed E-state index contributed by atoms with van der Waals surface area (Å²) in [6.45, 7) is 4.17. The number of morpholine rings is 1. The minimum absolute atomic E-state index is 0.359. The van der Waals surface area contributed by atoms with E-state index in [0.717, 1.165) is 17.7 Å². The van der Waals surface area contributed by atoms with Crippen LogP contribution >= 0.6 is 0 Å². The van der Waals surface area contributed by atoms with Gasteiger partial charge in [-0.25, -0.2) is 13.8 Å². The SMILES string of the molecule is O=c1c2ccccc2n(CCN2CCOCC2)c(=O)n1-c1ccc(F)cc1. The van der Waals surface area contributed by atoms with E-state index in [9.17, 15) is 14.0 Å². The molecule has 0 amide bonds. The summed E-state index contributed by atoms with van der Waals surface area (Å²) < 4.78 is 21.4. The zero-order valence-electron chi connectivity index (χ0n) is 14.8. The van der Waals surface area contributed by atoms with Gasteiger partial charge < -0.3 is 4.74 Å². The van der Waals surface area contributed by atoms with Crippen molar-refractivity contribution in [3.05, 3.63) is 75.2 Å². The molecular formula is C20H20FN3O3. The van der Waals surface area contributed by atoms with E-state index in [1.807, 2.05) is 6.07 Å². The van der Waals surface area contributed by atoms with E-state index in [1.54, 1.807) is 22.8 Å². The third-order valence-corrected chi connectivity index (χ3v) is 4.88. The molecule has 0 spiro atoms. The lowest BCUT2D eigenvalue weighted by molar-refractivity contribution is 0.0363. The van der Waals surface area contributed by atoms with Crippen molar-refractivity contribution in [2.45, 2.75) is 6.54 Å². The number of halogens is 1. The summed E-state index contributed by atoms with van der Waals surface area (Å²) in [7, 11) is 0. The van der Waals surface area contributed by atoms with Crippen LogP contribution in [0.5, 0.6) is 0 Å². The van der Waals surface area contributed by atoms with Gasteiger partial charge in [-0.2, -0.15) is 0 Å². The topological polar surface area (TPSA) is 56.5 Å². The van der Waals surface area contributed by atoms with Gasteiger partial charge in [0.2, 0.25) is 0 Å². The fraction of sp³-hybridized carbons (Fsp3) is 0.300. The lowest BCUT2D eigenvalue weighted by atomic mass is 10.2. The van der Waals surface area contributed by atoms with Gasteiger partial charge in [-0.1, -0.05) is 12.1 Å². The van der Waals surface area contributed by atoms with Crippen LogP contribution in [0, 0.1) is 5.82 Å². The highest BCUT2D eigenvalue weighted by Crippen LogP contribution is 2.11. The quantitative estimate of drug-likeness (QED) is 0.701. The second-order valence-corrected chi connectivity index (χ2v) is 6.52. The first kappa shape index (κ1) is 17.6. The molecule has 0 aliphatic carbocycles. The Balaban J connectivity index is 1.83. The van der Waals surface area contributed by atoms with Crippen LogP contribution in [0.3, 0.4) is 0 Å². The van der Waals surface area contributed by atoms with Crippen molar-refractivity contribution < 1.29 is 9.13 Å². The van der Waals surface area contributed by atoms with Crippen molar-refractivity contribution in [1.29, 1.82) is 0 Å². The Labute approximate surface area is 155 Å². The molecule has 2 aromatic carbocycles. The zero-order chi connectivity index (χ0) is 18.8. The Bertz CT molecular complexity index is 1070. The molecule has 2 heterocycles. The maximum absolute atomic E-state index is 13.3. The van der Waals surface area contributed by atoms with Gasteiger partial charge in [-0.15, -0.1) is 0 Å². The number of nitrogens with zero attached hydrogens (tertiary/aromatic N) is 3. The molecule has 1 aromatic heterocycles. The van der Waals surface area contributed by atoms with Gasteiger partial charge in [-0.05, 0) is 36.4 Å². The molecule has 1 aliphatic rings. The maximum Gasteiger partial charge on any atom is 0.336 e. The predicted octanol–water partition coefficient (Wildman–Crippen LogP) is 1.62. The predicted molar refractivity (Wildman–Crippen MR) is 101 cm³/mol. The Morgan fingerprint density at radius 3 is 2.37 bits per heavy atom. The zero-order valence-corrected chi connectivity index (χ0v) is 14.8. The number of fused-ring (bicyclic) bond motifs is 1. The highest BCUT2D eigenvalue weighted by atomic mass is 19.1. The highest BCUT2D eigenvalue weighted by molar-refractivity contribution is 5.78. The summed E-state index contributed by atoms with van der Waals surface area (Å²) in [5.74, 6) is -0.416. The van der Waals surface area contributed by atoms with Crippen LogP contribution in [0.25, 0.3) is 16.6 Å². The molecule has 0 saturated carbocycles. The fourth-order valence-corrected chi connectivity index (χ4v) is 3.42. The molecule has 0 N–H and O–H groups in total. The molecule has 0 bridgehead atoms. The third kappa shape index (κ3) is 3.43. The first-order valence-corrected chi connectivity index (χ1v) is 8.96. The maximum atomic E-state index is 13.3. The van der Waals surface area contributed by atoms with E-state index in [4.69, 9.17) is 4.74 Å². The molecule has 1 fully saturated rings. The molecule has 4 rings (SSSR count). The second kappa shape index (κ2) is 7.46. The first-order chi connectivity index (χ1) is 13.1. The molecule has 3 aromatic rings. The van der Waals surface area contributed by atoms with Crippen LogP contribution in [0.15, 0.2) is 58.1 Å². The Kier molecular flexibility index (Phi) is 4.87. The van der Waals surface area contributed by atoms with Crippen LogP contribution in [-0.4, -0.2) is 46.9 Å². The van der Waals surface area contributed by atoms with Gasteiger partial charge in [0.15, 0.2) is 0 Å². The minimum atomic E-state index is -0.418. The third-order valence-electron chi connectivity index (χ3n) is 4.88. The van der Waals surface area contributed by atoms with Crippen LogP contribution < -0.4 is 11.2 Å². The smallest absolute Gasteiger partial charge is 0.336 e. The molecule has 6 nitrogen and oxygen atoms in total. The summed E-state index contributed by atoms with van der Waals surface area (Å²) in [6, 6.07) is 12.5. The number of rotatable bonds is 4. The van der Waals surface area contributed by atoms with Crippen molar-refractivity contribution in [2.75, 3.05) is 32.8 Å². The van der Waals surface area contributed by atoms with Crippen molar-refractivity contribution in [3.63, 3.8) is 0 Å². The normalized spacial score (nSPS) is 15.3. The van der Waals surface area contributed by atoms with Gasteiger partial charge in [0.25, 0.3) is 5.56 Å². The molecule has 0 atom stereocenters. The molecule has 27 heavy (non-hydrogen) atoms. The van der Waals surface area contributed by atoms with Gasteiger partial charge in [0, 0.05) is 26.2 Å². The number of hydrogen-bond donors (Lipinski definition) is 0. The fourth-order valence-electron chi connectivity index (χ4n) is 3.42. The van der Waals surface area contributed by atoms with Crippen LogP contribution in [0.2, 0.25) is 0 Å². The van der Waals surface area contributed by atoms with Crippen LogP contribution in [-0.2, 0) is 11.3 Å². The molecule has 0 radical (unpaired) electrons. The first-order valence-electron chi connectivity index (χ1n) is 8.96. The van der Waals surface area contributed by atoms with E-state index in [2.05, 4.69) is 4.90 Å². The van der Waals surface area contributed by atoms with E-state index in [0.29, 0.717) is 42.9 Å². The highest BCUT2D eigenvalue weighted by Gasteiger charge is 2.16. The minimum Gasteiger partial charge on any atom is -0.379 e. The molecule has 140 valence electrons. The summed E-state index contributed by atoms with van der Waals surface area (Å²) in [6.07, 6.45) is 0. The molecule has 1 saturated heterocycles. The van der Waals surface area contributed by atoms with Gasteiger partial charge in [-0.3, -0.25) is 14.3 Å². The second-order valence-electron chi connectivity index (χ2n) is 6.52. The summed E-state index contributed by atoms with van der Waals surface area (Å²) in [5, 5.41) is 0.461. The molecule has 1 aliphatic heterocycles. The summed E-state index contributed by atoms with van der Waals surface area (Å²) in [4.78, 5) is 28.3. The lowest BCUT2D eigenvalue weighted by Crippen LogP contribution is -2.43. The van der Waals surface area contributed by atoms with Crippen molar-refractivity contribution in [2.24, 2.45) is 0 Å². The van der Waals surface area contributed by atoms with E-state index < -0.39 is 17.1 Å². The lowest BCUT2D eigenvalue weighted by Gasteiger charge is -2.27. The van der Waals surface area contributed by atoms with Gasteiger partial charge >= 0.3 is 5.69 Å². The number of ether oxygens (including phenoxy) is 1. The summed E-state index contributed by atoms with van der Waals surface area (Å²) >= 11 is 0. The van der Waals surface area contributed by atoms with Crippen LogP contribution in [0.1, 0.15) is 0 Å². The molecule has 0 unspecified atom stereocenters. The average molecular weight is 369 g/mol. The standard InChI is InChI=1S/C20H20FN3O3/c21-15-5-7-16(8-6-15)24-19(25)17-3-1-2-4-18(17)23(20(24)26)10-9-22-11-13-27-14-12-22/h1-8H,9-14H2. The Morgan fingerprint density at radius 2 is 1.63 bits per heavy atom. The Morgan fingerprint density at radius 1 is 0.926 bits per heavy atom. The summed E-state index contributed by atoms with van der Waals surface area (Å²) in [5.41, 5.74) is 0.153. The van der Waals surface area contributed by atoms with Gasteiger partial charge in [0.05, 0.1) is 29.8 Å². The number of benzene rings is 2. The number of para-hydroxylation sites is 1. The average Bonchev–Trinajstić information content (AvgIpc) is 2.70. The largest absolute Gasteiger partial charge is 0.379 e. The van der Waals surface area contributed by atoms with Gasteiger partial charge in [0.1, 0.15) is 5.82 Å². The number of aromatic nitrogens is 2. The van der Waals surface area contributed by atoms with Crippen molar-refractivity contribution in [3.8, 4) is 5.69 Å². The number of hydrogen-bond acceptors (Lipinski definition) is 4. The molecular weight excluding hydrogens is 349 g/mol. The van der Waals surface area contributed by atoms with Crippen molar-refractivity contribution >= 4 is 10.9 Å². The monoisotopic (exact) mass is 369 g/mol.